The van der Waals surface area contributed by atoms with Crippen LogP contribution in [0.2, 0.25) is 0 Å². The Labute approximate surface area is 132 Å². The Bertz CT molecular complexity index is 931. The summed E-state index contributed by atoms with van der Waals surface area (Å²) in [6, 6.07) is 9.01. The van der Waals surface area contributed by atoms with Gasteiger partial charge in [-0.05, 0) is 42.2 Å². The van der Waals surface area contributed by atoms with Gasteiger partial charge in [-0.2, -0.15) is 0 Å². The molecule has 3 aliphatic rings. The summed E-state index contributed by atoms with van der Waals surface area (Å²) in [5.41, 5.74) is -0.0659. The first kappa shape index (κ1) is 12.9. The number of nitrogens with one attached hydrogen (secondary N) is 1. The molecule has 2 bridgehead atoms. The van der Waals surface area contributed by atoms with Gasteiger partial charge in [0, 0.05) is 0 Å². The highest BCUT2D eigenvalue weighted by Crippen LogP contribution is 2.55. The molecule has 2 aromatic rings. The van der Waals surface area contributed by atoms with E-state index in [4.69, 9.17) is 0 Å². The largest absolute Gasteiger partial charge is 0.352 e. The summed E-state index contributed by atoms with van der Waals surface area (Å²) in [5, 5.41) is 2.76. The third-order valence-electron chi connectivity index (χ3n) is 5.64. The van der Waals surface area contributed by atoms with E-state index in [0.29, 0.717) is 29.4 Å². The molecular formula is C18H17N3O2. The zero-order valence-corrected chi connectivity index (χ0v) is 12.5. The van der Waals surface area contributed by atoms with Crippen LogP contribution < -0.4 is 11.4 Å². The molecule has 23 heavy (non-hydrogen) atoms. The average Bonchev–Trinajstić information content (AvgIpc) is 3.30. The Morgan fingerprint density at radius 3 is 2.57 bits per heavy atom. The highest BCUT2D eigenvalue weighted by Gasteiger charge is 2.50. The van der Waals surface area contributed by atoms with Crippen molar-refractivity contribution in [3.8, 4) is 5.69 Å². The Kier molecular flexibility index (Phi) is 2.52. The van der Waals surface area contributed by atoms with E-state index < -0.39 is 0 Å². The van der Waals surface area contributed by atoms with Gasteiger partial charge in [0.25, 0.3) is 0 Å². The lowest BCUT2D eigenvalue weighted by molar-refractivity contribution is 0.287. The maximum Gasteiger partial charge on any atom is 0.352 e. The van der Waals surface area contributed by atoms with Crippen LogP contribution in [0.25, 0.3) is 5.69 Å². The lowest BCUT2D eigenvalue weighted by Gasteiger charge is -2.26. The van der Waals surface area contributed by atoms with Crippen LogP contribution in [0.15, 0.2) is 64.2 Å². The maximum absolute atomic E-state index is 12.8. The first-order valence-electron chi connectivity index (χ1n) is 8.09. The fraction of sp³-hybridized carbons (Fsp3) is 0.333. The zero-order valence-electron chi connectivity index (χ0n) is 12.5. The molecule has 1 aromatic heterocycles. The third kappa shape index (κ3) is 1.67. The van der Waals surface area contributed by atoms with Crippen LogP contribution in [-0.2, 0) is 0 Å². The van der Waals surface area contributed by atoms with E-state index in [1.54, 1.807) is 12.1 Å². The predicted molar refractivity (Wildman–Crippen MR) is 86.5 cm³/mol. The van der Waals surface area contributed by atoms with Gasteiger partial charge in [-0.15, -0.1) is 0 Å². The minimum Gasteiger partial charge on any atom is -0.246 e. The van der Waals surface area contributed by atoms with Gasteiger partial charge in [0.15, 0.2) is 0 Å². The molecule has 116 valence electrons. The summed E-state index contributed by atoms with van der Waals surface area (Å²) in [6.45, 7) is 0. The number of aromatic nitrogens is 3. The fourth-order valence-electron chi connectivity index (χ4n) is 4.68. The fourth-order valence-corrected chi connectivity index (χ4v) is 4.68. The standard InChI is InChI=1S/C18H17N3O2/c22-17-19-21(18(23)20(17)13-4-2-1-3-5-13)15-9-8-14-11-6-7-12(10-11)16(14)15/h1-9,11-12,14-16H,10H2,(H,19,22)/t11-,12-,14-,15+,16+/m0/s1. The van der Waals surface area contributed by atoms with Gasteiger partial charge >= 0.3 is 11.4 Å². The second-order valence-electron chi connectivity index (χ2n) is 6.72. The van der Waals surface area contributed by atoms with E-state index in [1.165, 1.54) is 15.7 Å². The number of aromatic amines is 1. The lowest BCUT2D eigenvalue weighted by atomic mass is 9.83. The van der Waals surface area contributed by atoms with Gasteiger partial charge in [0.2, 0.25) is 0 Å². The van der Waals surface area contributed by atoms with Crippen LogP contribution in [0.3, 0.4) is 0 Å². The predicted octanol–water partition coefficient (Wildman–Crippen LogP) is 1.88. The second kappa shape index (κ2) is 4.47. The van der Waals surface area contributed by atoms with Crippen LogP contribution in [-0.4, -0.2) is 14.3 Å². The van der Waals surface area contributed by atoms with Gasteiger partial charge < -0.3 is 0 Å². The van der Waals surface area contributed by atoms with Crippen molar-refractivity contribution < 1.29 is 0 Å². The van der Waals surface area contributed by atoms with E-state index in [9.17, 15) is 9.59 Å². The number of benzene rings is 1. The van der Waals surface area contributed by atoms with Crippen LogP contribution in [0.5, 0.6) is 0 Å². The van der Waals surface area contributed by atoms with E-state index >= 15 is 0 Å². The molecule has 1 N–H and O–H groups in total. The monoisotopic (exact) mass is 307 g/mol. The van der Waals surface area contributed by atoms with Crippen molar-refractivity contribution in [1.82, 2.24) is 14.3 Å². The number of allylic oxidation sites excluding steroid dienone is 4. The molecule has 1 aromatic carbocycles. The summed E-state index contributed by atoms with van der Waals surface area (Å²) in [6.07, 6.45) is 10.1. The minimum absolute atomic E-state index is 0.0508. The molecule has 0 aliphatic heterocycles. The SMILES string of the molecule is O=c1[nH]n([C@@H]2C=C[C@@H]3[C@H]2[C@H]2C=C[C@H]3C2)c(=O)n1-c1ccccc1. The third-order valence-corrected chi connectivity index (χ3v) is 5.64. The van der Waals surface area contributed by atoms with Gasteiger partial charge in [0.05, 0.1) is 11.7 Å². The lowest BCUT2D eigenvalue weighted by Crippen LogP contribution is -2.32. The van der Waals surface area contributed by atoms with E-state index in [2.05, 4.69) is 29.4 Å². The molecule has 0 amide bonds. The van der Waals surface area contributed by atoms with Crippen molar-refractivity contribution in [3.63, 3.8) is 0 Å². The Morgan fingerprint density at radius 1 is 0.957 bits per heavy atom. The number of nitrogens with zero attached hydrogens (tertiary/aromatic N) is 2. The highest BCUT2D eigenvalue weighted by atomic mass is 16.2. The van der Waals surface area contributed by atoms with Crippen LogP contribution in [0.4, 0.5) is 0 Å². The minimum atomic E-state index is -0.378. The topological polar surface area (TPSA) is 59.8 Å². The van der Waals surface area contributed by atoms with Crippen LogP contribution in [0, 0.1) is 23.7 Å². The van der Waals surface area contributed by atoms with Gasteiger partial charge in [-0.1, -0.05) is 42.5 Å². The van der Waals surface area contributed by atoms with Crippen LogP contribution in [0.1, 0.15) is 12.5 Å². The molecule has 5 heteroatoms. The number of para-hydroxylation sites is 1. The Balaban J connectivity index is 1.61. The molecule has 1 fully saturated rings. The number of hydrogen-bond acceptors (Lipinski definition) is 2. The first-order chi connectivity index (χ1) is 11.2. The van der Waals surface area contributed by atoms with E-state index in [-0.39, 0.29) is 17.4 Å². The van der Waals surface area contributed by atoms with Gasteiger partial charge in [-0.25, -0.2) is 23.9 Å². The number of fused-ring (bicyclic) bond motifs is 5. The molecule has 0 unspecified atom stereocenters. The second-order valence-corrected chi connectivity index (χ2v) is 6.72. The van der Waals surface area contributed by atoms with Crippen molar-refractivity contribution >= 4 is 0 Å². The summed E-state index contributed by atoms with van der Waals surface area (Å²) in [4.78, 5) is 25.1. The average molecular weight is 307 g/mol. The van der Waals surface area contributed by atoms with Crippen molar-refractivity contribution in [2.24, 2.45) is 23.7 Å². The normalized spacial score (nSPS) is 33.5. The number of hydrogen-bond donors (Lipinski definition) is 1. The Hall–Kier alpha value is -2.56. The molecule has 1 heterocycles. The summed E-state index contributed by atoms with van der Waals surface area (Å²) < 4.78 is 2.73. The molecule has 3 aliphatic carbocycles. The molecule has 0 spiro atoms. The summed E-state index contributed by atoms with van der Waals surface area (Å²) in [5.74, 6) is 2.01. The van der Waals surface area contributed by atoms with Crippen molar-refractivity contribution in [1.29, 1.82) is 0 Å². The summed E-state index contributed by atoms with van der Waals surface area (Å²) >= 11 is 0. The van der Waals surface area contributed by atoms with Crippen molar-refractivity contribution in [2.45, 2.75) is 12.5 Å². The summed E-state index contributed by atoms with van der Waals surface area (Å²) in [7, 11) is 0. The Morgan fingerprint density at radius 2 is 1.74 bits per heavy atom. The van der Waals surface area contributed by atoms with E-state index in [1.807, 2.05) is 18.2 Å². The highest BCUT2D eigenvalue weighted by molar-refractivity contribution is 5.31. The molecule has 0 radical (unpaired) electrons. The quantitative estimate of drug-likeness (QED) is 0.861. The van der Waals surface area contributed by atoms with Gasteiger partial charge in [0.1, 0.15) is 0 Å². The van der Waals surface area contributed by atoms with Crippen molar-refractivity contribution in [2.75, 3.05) is 0 Å². The molecule has 5 nitrogen and oxygen atoms in total. The van der Waals surface area contributed by atoms with Crippen LogP contribution >= 0.6 is 0 Å². The van der Waals surface area contributed by atoms with E-state index in [0.717, 1.165) is 0 Å². The van der Waals surface area contributed by atoms with Crippen molar-refractivity contribution in [3.05, 3.63) is 75.6 Å². The maximum atomic E-state index is 12.8. The van der Waals surface area contributed by atoms with Gasteiger partial charge in [-0.3, -0.25) is 0 Å². The molecular weight excluding hydrogens is 290 g/mol. The molecule has 0 saturated heterocycles. The molecule has 5 rings (SSSR count). The smallest absolute Gasteiger partial charge is 0.246 e. The number of rotatable bonds is 2. The first-order valence-corrected chi connectivity index (χ1v) is 8.09. The number of H-pyrrole nitrogens is 1. The molecule has 1 saturated carbocycles. The zero-order chi connectivity index (χ0) is 15.6. The molecule has 5 atom stereocenters.